The largest absolute Gasteiger partial charge is 0.467 e. The molecule has 1 aliphatic heterocycles. The monoisotopic (exact) mass is 329 g/mol. The van der Waals surface area contributed by atoms with Gasteiger partial charge in [0.15, 0.2) is 6.79 Å². The van der Waals surface area contributed by atoms with Crippen molar-refractivity contribution in [2.24, 2.45) is 0 Å². The van der Waals surface area contributed by atoms with Gasteiger partial charge in [0.05, 0.1) is 0 Å². The smallest absolute Gasteiger partial charge is 0.188 e. The number of ether oxygens (including phenoxy) is 2. The molecule has 0 bridgehead atoms. The number of nitrogens with zero attached hydrogens (tertiary/aromatic N) is 1. The minimum Gasteiger partial charge on any atom is -0.467 e. The van der Waals surface area contributed by atoms with Crippen LogP contribution in [0.25, 0.3) is 0 Å². The van der Waals surface area contributed by atoms with E-state index in [2.05, 4.69) is 41.3 Å². The quantitative estimate of drug-likeness (QED) is 0.600. The number of piperidine rings is 1. The first kappa shape index (κ1) is 16.3. The van der Waals surface area contributed by atoms with Gasteiger partial charge >= 0.3 is 0 Å². The molecule has 1 aliphatic rings. The van der Waals surface area contributed by atoms with Crippen LogP contribution < -0.4 is 20.2 Å². The maximum absolute atomic E-state index is 5.71. The molecule has 3 rings (SSSR count). The summed E-state index contributed by atoms with van der Waals surface area (Å²) in [5, 5.41) is 2.62. The van der Waals surface area contributed by atoms with Gasteiger partial charge in [-0.3, -0.25) is 0 Å². The normalized spacial score (nSPS) is 15.3. The van der Waals surface area contributed by atoms with Gasteiger partial charge in [-0.25, -0.2) is 0 Å². The Bertz CT molecular complexity index is 626. The number of benzene rings is 2. The second-order valence-electron chi connectivity index (χ2n) is 5.74. The first-order valence-corrected chi connectivity index (χ1v) is 9.20. The molecule has 1 unspecified atom stereocenters. The second kappa shape index (κ2) is 8.33. The number of para-hydroxylation sites is 2. The van der Waals surface area contributed by atoms with Crippen LogP contribution in [0.5, 0.6) is 5.75 Å². The summed E-state index contributed by atoms with van der Waals surface area (Å²) in [6.45, 7) is 2.63. The van der Waals surface area contributed by atoms with Crippen molar-refractivity contribution < 1.29 is 9.47 Å². The zero-order chi connectivity index (χ0) is 15.9. The summed E-state index contributed by atoms with van der Waals surface area (Å²) in [6.07, 6.45) is 3.95. The summed E-state index contributed by atoms with van der Waals surface area (Å²) >= 11 is 0. The van der Waals surface area contributed by atoms with Crippen LogP contribution in [0.3, 0.4) is 0 Å². The van der Waals surface area contributed by atoms with Crippen LogP contribution in [0.1, 0.15) is 19.3 Å². The van der Waals surface area contributed by atoms with Crippen molar-refractivity contribution in [3.8, 4) is 5.75 Å². The number of methoxy groups -OCH3 is 1. The third-order valence-corrected chi connectivity index (χ3v) is 5.46. The molecular formula is C19H24NO2P. The first-order valence-electron chi connectivity index (χ1n) is 8.20. The summed E-state index contributed by atoms with van der Waals surface area (Å²) < 4.78 is 10.8. The summed E-state index contributed by atoms with van der Waals surface area (Å²) in [7, 11) is 2.24. The molecule has 122 valence electrons. The van der Waals surface area contributed by atoms with E-state index in [-0.39, 0.29) is 6.79 Å². The van der Waals surface area contributed by atoms with Crippen molar-refractivity contribution in [1.29, 1.82) is 0 Å². The molecule has 2 aromatic carbocycles. The lowest BCUT2D eigenvalue weighted by molar-refractivity contribution is 0.0519. The lowest BCUT2D eigenvalue weighted by Gasteiger charge is -2.30. The standard InChI is InChI=1S/C19H24NO2P/c1-21-15-22-17-10-4-6-12-19(17)23-18-11-5-3-9-16(18)20-13-7-2-8-14-20/h3-6,9-12,23H,2,7-8,13-15H2,1H3. The molecule has 0 N–H and O–H groups in total. The fourth-order valence-electron chi connectivity index (χ4n) is 2.95. The van der Waals surface area contributed by atoms with Crippen molar-refractivity contribution in [3.63, 3.8) is 0 Å². The van der Waals surface area contributed by atoms with E-state index in [1.807, 2.05) is 12.1 Å². The van der Waals surface area contributed by atoms with Crippen LogP contribution in [-0.4, -0.2) is 27.0 Å². The minimum atomic E-state index is 0.287. The Morgan fingerprint density at radius 1 is 0.913 bits per heavy atom. The van der Waals surface area contributed by atoms with E-state index < -0.39 is 0 Å². The Labute approximate surface area is 140 Å². The zero-order valence-electron chi connectivity index (χ0n) is 13.6. The summed E-state index contributed by atoms with van der Waals surface area (Å²) in [6, 6.07) is 17.0. The zero-order valence-corrected chi connectivity index (χ0v) is 14.6. The molecule has 23 heavy (non-hydrogen) atoms. The van der Waals surface area contributed by atoms with Gasteiger partial charge in [-0.2, -0.15) is 0 Å². The van der Waals surface area contributed by atoms with Gasteiger partial charge < -0.3 is 14.4 Å². The van der Waals surface area contributed by atoms with Gasteiger partial charge in [-0.15, -0.1) is 0 Å². The van der Waals surface area contributed by atoms with Gasteiger partial charge in [-0.05, 0) is 31.4 Å². The van der Waals surface area contributed by atoms with Gasteiger partial charge in [0.25, 0.3) is 0 Å². The Balaban J connectivity index is 1.83. The molecular weight excluding hydrogens is 305 g/mol. The van der Waals surface area contributed by atoms with E-state index in [1.165, 1.54) is 48.6 Å². The highest BCUT2D eigenvalue weighted by atomic mass is 31.1. The molecule has 1 heterocycles. The first-order chi connectivity index (χ1) is 11.4. The van der Waals surface area contributed by atoms with E-state index >= 15 is 0 Å². The molecule has 1 fully saturated rings. The van der Waals surface area contributed by atoms with Crippen LogP contribution >= 0.6 is 8.58 Å². The van der Waals surface area contributed by atoms with Gasteiger partial charge in [0, 0.05) is 36.5 Å². The third kappa shape index (κ3) is 4.25. The van der Waals surface area contributed by atoms with Gasteiger partial charge in [0.1, 0.15) is 5.75 Å². The molecule has 0 amide bonds. The van der Waals surface area contributed by atoms with E-state index in [0.29, 0.717) is 8.58 Å². The Morgan fingerprint density at radius 3 is 2.39 bits per heavy atom. The second-order valence-corrected chi connectivity index (χ2v) is 7.06. The number of hydrogen-bond acceptors (Lipinski definition) is 3. The van der Waals surface area contributed by atoms with Crippen molar-refractivity contribution in [3.05, 3.63) is 48.5 Å². The van der Waals surface area contributed by atoms with E-state index in [9.17, 15) is 0 Å². The molecule has 0 spiro atoms. The lowest BCUT2D eigenvalue weighted by Crippen LogP contribution is -2.32. The molecule has 0 aromatic heterocycles. The van der Waals surface area contributed by atoms with E-state index in [1.54, 1.807) is 7.11 Å². The molecule has 0 radical (unpaired) electrons. The number of anilines is 1. The molecule has 0 saturated carbocycles. The van der Waals surface area contributed by atoms with Crippen LogP contribution in [0, 0.1) is 0 Å². The predicted molar refractivity (Wildman–Crippen MR) is 99.0 cm³/mol. The summed E-state index contributed by atoms with van der Waals surface area (Å²) in [4.78, 5) is 2.53. The summed E-state index contributed by atoms with van der Waals surface area (Å²) in [5.74, 6) is 0.918. The maximum Gasteiger partial charge on any atom is 0.188 e. The molecule has 1 atom stereocenters. The third-order valence-electron chi connectivity index (χ3n) is 4.09. The molecule has 2 aromatic rings. The van der Waals surface area contributed by atoms with Crippen molar-refractivity contribution >= 4 is 24.9 Å². The summed E-state index contributed by atoms with van der Waals surface area (Å²) in [5.41, 5.74) is 1.38. The molecule has 4 heteroatoms. The lowest BCUT2D eigenvalue weighted by atomic mass is 10.1. The number of rotatable bonds is 6. The van der Waals surface area contributed by atoms with Crippen LogP contribution in [-0.2, 0) is 4.74 Å². The maximum atomic E-state index is 5.71. The highest BCUT2D eigenvalue weighted by Crippen LogP contribution is 2.26. The SMILES string of the molecule is COCOc1ccccc1Pc1ccccc1N1CCCCC1. The Morgan fingerprint density at radius 2 is 1.61 bits per heavy atom. The van der Waals surface area contributed by atoms with Crippen LogP contribution in [0.15, 0.2) is 48.5 Å². The van der Waals surface area contributed by atoms with Crippen LogP contribution in [0.2, 0.25) is 0 Å². The minimum absolute atomic E-state index is 0.287. The fraction of sp³-hybridized carbons (Fsp3) is 0.368. The van der Waals surface area contributed by atoms with Gasteiger partial charge in [-0.1, -0.05) is 45.0 Å². The van der Waals surface area contributed by atoms with Crippen molar-refractivity contribution in [2.75, 3.05) is 31.9 Å². The highest BCUT2D eigenvalue weighted by molar-refractivity contribution is 7.56. The average Bonchev–Trinajstić information content (AvgIpc) is 2.62. The fourth-order valence-corrected chi connectivity index (χ4v) is 4.25. The predicted octanol–water partition coefficient (Wildman–Crippen LogP) is 3.29. The van der Waals surface area contributed by atoms with Crippen molar-refractivity contribution in [1.82, 2.24) is 0 Å². The topological polar surface area (TPSA) is 21.7 Å². The molecule has 1 saturated heterocycles. The van der Waals surface area contributed by atoms with Crippen LogP contribution in [0.4, 0.5) is 5.69 Å². The van der Waals surface area contributed by atoms with E-state index in [4.69, 9.17) is 9.47 Å². The highest BCUT2D eigenvalue weighted by Gasteiger charge is 2.15. The van der Waals surface area contributed by atoms with E-state index in [0.717, 1.165) is 5.75 Å². The molecule has 0 aliphatic carbocycles. The number of hydrogen-bond donors (Lipinski definition) is 0. The average molecular weight is 329 g/mol. The Hall–Kier alpha value is -1.57. The van der Waals surface area contributed by atoms with Gasteiger partial charge in [0.2, 0.25) is 0 Å². The Kier molecular flexibility index (Phi) is 5.90. The molecule has 3 nitrogen and oxygen atoms in total. The van der Waals surface area contributed by atoms with Crippen molar-refractivity contribution in [2.45, 2.75) is 19.3 Å².